The number of likely N-dealkylation sites (tertiary alicyclic amines) is 1. The maximum Gasteiger partial charge on any atom is 0.0702 e. The number of piperidine rings is 1. The number of hydrogen-bond acceptors (Lipinski definition) is 3. The average Bonchev–Trinajstić information content (AvgIpc) is 2.47. The first-order chi connectivity index (χ1) is 9.83. The highest BCUT2D eigenvalue weighted by molar-refractivity contribution is 5.27. The van der Waals surface area contributed by atoms with Crippen molar-refractivity contribution in [2.24, 2.45) is 0 Å². The summed E-state index contributed by atoms with van der Waals surface area (Å²) in [5, 5.41) is 3.24. The molecule has 1 saturated heterocycles. The average molecular weight is 276 g/mol. The van der Waals surface area contributed by atoms with Gasteiger partial charge in [0.05, 0.1) is 6.10 Å². The molecule has 3 heteroatoms. The summed E-state index contributed by atoms with van der Waals surface area (Å²) in [6.07, 6.45) is 4.00. The molecule has 2 rings (SSSR count). The molecule has 20 heavy (non-hydrogen) atoms. The molecule has 1 N–H and O–H groups in total. The first-order valence-corrected chi connectivity index (χ1v) is 7.88. The lowest BCUT2D eigenvalue weighted by molar-refractivity contribution is 0.00357. The fraction of sp³-hybridized carbons (Fsp3) is 0.647. The van der Waals surface area contributed by atoms with Crippen LogP contribution < -0.4 is 5.32 Å². The van der Waals surface area contributed by atoms with Gasteiger partial charge in [0, 0.05) is 19.7 Å². The van der Waals surface area contributed by atoms with Gasteiger partial charge < -0.3 is 10.1 Å². The Bertz CT molecular complexity index is 392. The van der Waals surface area contributed by atoms with Gasteiger partial charge in [-0.1, -0.05) is 24.3 Å². The van der Waals surface area contributed by atoms with Crippen molar-refractivity contribution in [3.63, 3.8) is 0 Å². The quantitative estimate of drug-likeness (QED) is 0.828. The largest absolute Gasteiger partial charge is 0.377 e. The van der Waals surface area contributed by atoms with Crippen LogP contribution in [0.4, 0.5) is 0 Å². The minimum absolute atomic E-state index is 0.429. The maximum atomic E-state index is 5.79. The van der Waals surface area contributed by atoms with Crippen LogP contribution in [0.3, 0.4) is 0 Å². The van der Waals surface area contributed by atoms with E-state index in [2.05, 4.69) is 41.4 Å². The number of nitrogens with one attached hydrogen (secondary N) is 1. The van der Waals surface area contributed by atoms with Crippen LogP contribution in [0.25, 0.3) is 0 Å². The van der Waals surface area contributed by atoms with Gasteiger partial charge in [0.25, 0.3) is 0 Å². The molecule has 1 atom stereocenters. The Morgan fingerprint density at radius 1 is 1.30 bits per heavy atom. The highest BCUT2D eigenvalue weighted by Crippen LogP contribution is 2.18. The first-order valence-electron chi connectivity index (χ1n) is 7.88. The number of nitrogens with zero attached hydrogens (tertiary/aromatic N) is 1. The molecule has 0 saturated carbocycles. The van der Waals surface area contributed by atoms with Crippen LogP contribution in [0.5, 0.6) is 0 Å². The van der Waals surface area contributed by atoms with Gasteiger partial charge in [-0.05, 0) is 57.5 Å². The second-order valence-corrected chi connectivity index (χ2v) is 5.58. The minimum atomic E-state index is 0.429. The lowest BCUT2D eigenvalue weighted by Gasteiger charge is -2.33. The summed E-state index contributed by atoms with van der Waals surface area (Å²) in [6.45, 7) is 7.30. The zero-order valence-corrected chi connectivity index (χ0v) is 12.9. The SMILES string of the molecule is CCOC1CCCN(Cc2ccccc2CCNC)C1. The molecule has 0 amide bonds. The van der Waals surface area contributed by atoms with Crippen LogP contribution in [0, 0.1) is 0 Å². The van der Waals surface area contributed by atoms with Crippen molar-refractivity contribution in [1.82, 2.24) is 10.2 Å². The fourth-order valence-electron chi connectivity index (χ4n) is 2.98. The third-order valence-electron chi connectivity index (χ3n) is 4.02. The van der Waals surface area contributed by atoms with E-state index in [-0.39, 0.29) is 0 Å². The highest BCUT2D eigenvalue weighted by Gasteiger charge is 2.20. The van der Waals surface area contributed by atoms with E-state index in [1.165, 1.54) is 30.5 Å². The third-order valence-corrected chi connectivity index (χ3v) is 4.02. The smallest absolute Gasteiger partial charge is 0.0702 e. The van der Waals surface area contributed by atoms with Gasteiger partial charge in [0.1, 0.15) is 0 Å². The van der Waals surface area contributed by atoms with Crippen molar-refractivity contribution >= 4 is 0 Å². The molecule has 0 radical (unpaired) electrons. The summed E-state index contributed by atoms with van der Waals surface area (Å²) in [5.74, 6) is 0. The molecule has 1 aromatic rings. The molecular formula is C17H28N2O. The fourth-order valence-corrected chi connectivity index (χ4v) is 2.98. The maximum absolute atomic E-state index is 5.79. The van der Waals surface area contributed by atoms with E-state index >= 15 is 0 Å². The van der Waals surface area contributed by atoms with E-state index in [0.29, 0.717) is 6.10 Å². The van der Waals surface area contributed by atoms with E-state index in [4.69, 9.17) is 4.74 Å². The van der Waals surface area contributed by atoms with Crippen LogP contribution in [0.15, 0.2) is 24.3 Å². The standard InChI is InChI=1S/C17H28N2O/c1-3-20-17-9-6-12-19(14-17)13-16-8-5-4-7-15(16)10-11-18-2/h4-5,7-8,17-18H,3,6,9-14H2,1-2H3. The van der Waals surface area contributed by atoms with Crippen LogP contribution in [-0.2, 0) is 17.7 Å². The molecular weight excluding hydrogens is 248 g/mol. The molecule has 112 valence electrons. The number of ether oxygens (including phenoxy) is 1. The van der Waals surface area contributed by atoms with E-state index in [9.17, 15) is 0 Å². The molecule has 0 spiro atoms. The van der Waals surface area contributed by atoms with Gasteiger partial charge >= 0.3 is 0 Å². The Balaban J connectivity index is 1.94. The predicted octanol–water partition coefficient (Wildman–Crippen LogP) is 2.45. The molecule has 3 nitrogen and oxygen atoms in total. The van der Waals surface area contributed by atoms with Crippen molar-refractivity contribution < 1.29 is 4.74 Å². The Morgan fingerprint density at radius 2 is 2.10 bits per heavy atom. The van der Waals surface area contributed by atoms with E-state index in [0.717, 1.165) is 32.7 Å². The van der Waals surface area contributed by atoms with Gasteiger partial charge in [-0.2, -0.15) is 0 Å². The van der Waals surface area contributed by atoms with Gasteiger partial charge in [-0.3, -0.25) is 4.90 Å². The molecule has 1 fully saturated rings. The van der Waals surface area contributed by atoms with Crippen LogP contribution >= 0.6 is 0 Å². The number of likely N-dealkylation sites (N-methyl/N-ethyl adjacent to an activating group) is 1. The molecule has 1 aliphatic rings. The van der Waals surface area contributed by atoms with Gasteiger partial charge in [0.15, 0.2) is 0 Å². The topological polar surface area (TPSA) is 24.5 Å². The second kappa shape index (κ2) is 8.40. The Hall–Kier alpha value is -0.900. The molecule has 0 aliphatic carbocycles. The van der Waals surface area contributed by atoms with E-state index in [1.807, 2.05) is 7.05 Å². The lowest BCUT2D eigenvalue weighted by Crippen LogP contribution is -2.39. The van der Waals surface area contributed by atoms with Crippen molar-refractivity contribution in [3.05, 3.63) is 35.4 Å². The van der Waals surface area contributed by atoms with Gasteiger partial charge in [-0.25, -0.2) is 0 Å². The Labute approximate surface area is 123 Å². The molecule has 1 aliphatic heterocycles. The lowest BCUT2D eigenvalue weighted by atomic mass is 10.0. The molecule has 0 bridgehead atoms. The summed E-state index contributed by atoms with van der Waals surface area (Å²) < 4.78 is 5.79. The van der Waals surface area contributed by atoms with E-state index < -0.39 is 0 Å². The first kappa shape index (κ1) is 15.5. The monoisotopic (exact) mass is 276 g/mol. The summed E-state index contributed by atoms with van der Waals surface area (Å²) >= 11 is 0. The van der Waals surface area contributed by atoms with Gasteiger partial charge in [-0.15, -0.1) is 0 Å². The summed E-state index contributed by atoms with van der Waals surface area (Å²) in [5.41, 5.74) is 2.94. The zero-order chi connectivity index (χ0) is 14.2. The van der Waals surface area contributed by atoms with Crippen LogP contribution in [0.1, 0.15) is 30.9 Å². The molecule has 1 unspecified atom stereocenters. The third kappa shape index (κ3) is 4.58. The van der Waals surface area contributed by atoms with Gasteiger partial charge in [0.2, 0.25) is 0 Å². The summed E-state index contributed by atoms with van der Waals surface area (Å²) in [6, 6.07) is 8.84. The minimum Gasteiger partial charge on any atom is -0.377 e. The predicted molar refractivity (Wildman–Crippen MR) is 84.0 cm³/mol. The van der Waals surface area contributed by atoms with Crippen LogP contribution in [0.2, 0.25) is 0 Å². The highest BCUT2D eigenvalue weighted by atomic mass is 16.5. The van der Waals surface area contributed by atoms with Crippen molar-refractivity contribution in [3.8, 4) is 0 Å². The molecule has 0 aromatic heterocycles. The van der Waals surface area contributed by atoms with Crippen molar-refractivity contribution in [2.45, 2.75) is 38.8 Å². The normalized spacial score (nSPS) is 20.2. The summed E-state index contributed by atoms with van der Waals surface area (Å²) in [4.78, 5) is 2.54. The van der Waals surface area contributed by atoms with E-state index in [1.54, 1.807) is 0 Å². The number of rotatable bonds is 7. The number of hydrogen-bond donors (Lipinski definition) is 1. The Morgan fingerprint density at radius 3 is 2.85 bits per heavy atom. The zero-order valence-electron chi connectivity index (χ0n) is 12.9. The molecule has 1 aromatic carbocycles. The molecule has 1 heterocycles. The Kier molecular flexibility index (Phi) is 6.51. The number of benzene rings is 1. The van der Waals surface area contributed by atoms with Crippen molar-refractivity contribution in [1.29, 1.82) is 0 Å². The van der Waals surface area contributed by atoms with Crippen LogP contribution in [-0.4, -0.2) is 44.3 Å². The summed E-state index contributed by atoms with van der Waals surface area (Å²) in [7, 11) is 2.01. The van der Waals surface area contributed by atoms with Crippen molar-refractivity contribution in [2.75, 3.05) is 33.3 Å². The second-order valence-electron chi connectivity index (χ2n) is 5.58.